The first-order valence-corrected chi connectivity index (χ1v) is 9.35. The number of unbranched alkanes of at least 4 members (excludes halogenated alkanes) is 1. The fourth-order valence-electron chi connectivity index (χ4n) is 3.17. The van der Waals surface area contributed by atoms with Crippen LogP contribution in [0.5, 0.6) is 0 Å². The number of furan rings is 1. The molecule has 2 unspecified atom stereocenters. The number of aliphatic imine (C=N–C) groups is 1. The Labute approximate surface area is 169 Å². The van der Waals surface area contributed by atoms with Crippen LogP contribution in [-0.4, -0.2) is 38.8 Å². The summed E-state index contributed by atoms with van der Waals surface area (Å²) in [4.78, 5) is 4.75. The summed E-state index contributed by atoms with van der Waals surface area (Å²) >= 11 is 0. The Morgan fingerprint density at radius 1 is 1.32 bits per heavy atom. The molecule has 1 aliphatic rings. The topological polar surface area (TPSA) is 58.8 Å². The van der Waals surface area contributed by atoms with Gasteiger partial charge in [-0.3, -0.25) is 4.99 Å². The number of rotatable bonds is 9. The van der Waals surface area contributed by atoms with Crippen LogP contribution in [0.4, 0.5) is 0 Å². The van der Waals surface area contributed by atoms with E-state index in [1.807, 2.05) is 12.1 Å². The quantitative estimate of drug-likeness (QED) is 0.252. The van der Waals surface area contributed by atoms with Crippen LogP contribution in [-0.2, 0) is 11.2 Å². The van der Waals surface area contributed by atoms with Gasteiger partial charge in [-0.25, -0.2) is 0 Å². The SMILES string of the molecule is COCCCCN=C(NCCc1ccco1)NC1CCCCC1C.I. The van der Waals surface area contributed by atoms with Crippen LogP contribution in [0.25, 0.3) is 0 Å². The van der Waals surface area contributed by atoms with Gasteiger partial charge in [0.2, 0.25) is 0 Å². The smallest absolute Gasteiger partial charge is 0.191 e. The van der Waals surface area contributed by atoms with Crippen molar-refractivity contribution in [3.8, 4) is 0 Å². The predicted molar refractivity (Wildman–Crippen MR) is 114 cm³/mol. The molecule has 1 fully saturated rings. The Morgan fingerprint density at radius 2 is 2.16 bits per heavy atom. The van der Waals surface area contributed by atoms with Crippen molar-refractivity contribution in [2.24, 2.45) is 10.9 Å². The molecule has 0 saturated heterocycles. The van der Waals surface area contributed by atoms with Gasteiger partial charge in [0.05, 0.1) is 6.26 Å². The van der Waals surface area contributed by atoms with Crippen LogP contribution in [0.1, 0.15) is 51.2 Å². The highest BCUT2D eigenvalue weighted by molar-refractivity contribution is 14.0. The molecule has 6 heteroatoms. The summed E-state index contributed by atoms with van der Waals surface area (Å²) in [5.74, 6) is 2.66. The Hall–Kier alpha value is -0.760. The van der Waals surface area contributed by atoms with Crippen LogP contribution in [0.2, 0.25) is 0 Å². The number of hydrogen-bond acceptors (Lipinski definition) is 3. The summed E-state index contributed by atoms with van der Waals surface area (Å²) in [6, 6.07) is 4.48. The van der Waals surface area contributed by atoms with Crippen molar-refractivity contribution in [2.75, 3.05) is 26.8 Å². The summed E-state index contributed by atoms with van der Waals surface area (Å²) in [6.07, 6.45) is 9.93. The van der Waals surface area contributed by atoms with Crippen molar-refractivity contribution >= 4 is 29.9 Å². The molecule has 2 N–H and O–H groups in total. The van der Waals surface area contributed by atoms with E-state index in [9.17, 15) is 0 Å². The maximum absolute atomic E-state index is 5.39. The van der Waals surface area contributed by atoms with E-state index in [-0.39, 0.29) is 24.0 Å². The average Bonchev–Trinajstić information content (AvgIpc) is 3.10. The fraction of sp³-hybridized carbons (Fsp3) is 0.737. The lowest BCUT2D eigenvalue weighted by atomic mass is 9.86. The van der Waals surface area contributed by atoms with Crippen molar-refractivity contribution in [2.45, 2.75) is 57.9 Å². The maximum atomic E-state index is 5.39. The van der Waals surface area contributed by atoms with E-state index in [0.717, 1.165) is 50.7 Å². The second kappa shape index (κ2) is 13.4. The normalized spacial score (nSPS) is 20.8. The molecular formula is C19H34IN3O2. The maximum Gasteiger partial charge on any atom is 0.191 e. The summed E-state index contributed by atoms with van der Waals surface area (Å²) in [5, 5.41) is 7.12. The molecule has 2 rings (SSSR count). The van der Waals surface area contributed by atoms with Gasteiger partial charge in [-0.1, -0.05) is 19.8 Å². The molecule has 0 amide bonds. The Kier molecular flexibility index (Phi) is 12.0. The first kappa shape index (κ1) is 22.3. The molecule has 0 bridgehead atoms. The van der Waals surface area contributed by atoms with Gasteiger partial charge in [0, 0.05) is 39.3 Å². The predicted octanol–water partition coefficient (Wildman–Crippen LogP) is 3.98. The van der Waals surface area contributed by atoms with Crippen molar-refractivity contribution in [1.82, 2.24) is 10.6 Å². The van der Waals surface area contributed by atoms with E-state index in [4.69, 9.17) is 14.1 Å². The molecule has 1 aromatic heterocycles. The van der Waals surface area contributed by atoms with E-state index in [0.29, 0.717) is 12.0 Å². The third-order valence-corrected chi connectivity index (χ3v) is 4.70. The number of halogens is 1. The van der Waals surface area contributed by atoms with E-state index in [2.05, 4.69) is 17.6 Å². The molecule has 0 radical (unpaired) electrons. The van der Waals surface area contributed by atoms with Crippen molar-refractivity contribution in [3.05, 3.63) is 24.2 Å². The summed E-state index contributed by atoms with van der Waals surface area (Å²) in [5.41, 5.74) is 0. The monoisotopic (exact) mass is 463 g/mol. The van der Waals surface area contributed by atoms with E-state index >= 15 is 0 Å². The van der Waals surface area contributed by atoms with Crippen LogP contribution in [0.3, 0.4) is 0 Å². The number of guanidine groups is 1. The van der Waals surface area contributed by atoms with Crippen LogP contribution < -0.4 is 10.6 Å². The zero-order valence-electron chi connectivity index (χ0n) is 15.6. The highest BCUT2D eigenvalue weighted by atomic mass is 127. The molecule has 1 aromatic rings. The molecule has 1 aliphatic carbocycles. The van der Waals surface area contributed by atoms with Crippen molar-refractivity contribution < 1.29 is 9.15 Å². The number of hydrogen-bond donors (Lipinski definition) is 2. The van der Waals surface area contributed by atoms with Crippen LogP contribution in [0.15, 0.2) is 27.8 Å². The minimum Gasteiger partial charge on any atom is -0.469 e. The van der Waals surface area contributed by atoms with Gasteiger partial charge in [0.15, 0.2) is 5.96 Å². The Morgan fingerprint density at radius 3 is 2.88 bits per heavy atom. The molecule has 0 aliphatic heterocycles. The standard InChI is InChI=1S/C19H33N3O2.HI/c1-16-8-3-4-10-18(16)22-19(20-12-5-6-14-23-2)21-13-11-17-9-7-15-24-17;/h7,9,15-16,18H,3-6,8,10-14H2,1-2H3,(H2,20,21,22);1H. The fourth-order valence-corrected chi connectivity index (χ4v) is 3.17. The second-order valence-electron chi connectivity index (χ2n) is 6.70. The van der Waals surface area contributed by atoms with E-state index < -0.39 is 0 Å². The van der Waals surface area contributed by atoms with Gasteiger partial charge in [-0.15, -0.1) is 24.0 Å². The van der Waals surface area contributed by atoms with Gasteiger partial charge in [-0.2, -0.15) is 0 Å². The van der Waals surface area contributed by atoms with E-state index in [1.165, 1.54) is 25.7 Å². The molecule has 25 heavy (non-hydrogen) atoms. The molecule has 1 heterocycles. The minimum atomic E-state index is 0. The first-order valence-electron chi connectivity index (χ1n) is 9.35. The summed E-state index contributed by atoms with van der Waals surface area (Å²) in [7, 11) is 1.75. The second-order valence-corrected chi connectivity index (χ2v) is 6.70. The number of ether oxygens (including phenoxy) is 1. The third-order valence-electron chi connectivity index (χ3n) is 4.70. The number of nitrogens with zero attached hydrogens (tertiary/aromatic N) is 1. The Balaban J connectivity index is 0.00000312. The highest BCUT2D eigenvalue weighted by Gasteiger charge is 2.21. The molecule has 5 nitrogen and oxygen atoms in total. The Bertz CT molecular complexity index is 465. The lowest BCUT2D eigenvalue weighted by Crippen LogP contribution is -2.47. The zero-order valence-corrected chi connectivity index (χ0v) is 18.0. The highest BCUT2D eigenvalue weighted by Crippen LogP contribution is 2.23. The van der Waals surface area contributed by atoms with Gasteiger partial charge in [0.25, 0.3) is 0 Å². The number of nitrogens with one attached hydrogen (secondary N) is 2. The average molecular weight is 463 g/mol. The minimum absolute atomic E-state index is 0. The third kappa shape index (κ3) is 8.94. The largest absolute Gasteiger partial charge is 0.469 e. The van der Waals surface area contributed by atoms with Gasteiger partial charge in [0.1, 0.15) is 5.76 Å². The molecule has 2 atom stereocenters. The summed E-state index contributed by atoms with van der Waals surface area (Å²) in [6.45, 7) is 4.82. The molecule has 144 valence electrons. The van der Waals surface area contributed by atoms with Gasteiger partial charge in [-0.05, 0) is 43.7 Å². The number of methoxy groups -OCH3 is 1. The van der Waals surface area contributed by atoms with Crippen molar-refractivity contribution in [1.29, 1.82) is 0 Å². The first-order chi connectivity index (χ1) is 11.8. The van der Waals surface area contributed by atoms with Gasteiger partial charge >= 0.3 is 0 Å². The van der Waals surface area contributed by atoms with E-state index in [1.54, 1.807) is 13.4 Å². The lowest BCUT2D eigenvalue weighted by molar-refractivity contribution is 0.193. The zero-order chi connectivity index (χ0) is 17.0. The van der Waals surface area contributed by atoms with Gasteiger partial charge < -0.3 is 19.8 Å². The van der Waals surface area contributed by atoms with Crippen LogP contribution in [0, 0.1) is 5.92 Å². The van der Waals surface area contributed by atoms with Crippen molar-refractivity contribution in [3.63, 3.8) is 0 Å². The molecule has 1 saturated carbocycles. The molecular weight excluding hydrogens is 429 g/mol. The summed E-state index contributed by atoms with van der Waals surface area (Å²) < 4.78 is 10.5. The molecule has 0 spiro atoms. The molecule has 0 aromatic carbocycles. The van der Waals surface area contributed by atoms with Crippen LogP contribution >= 0.6 is 24.0 Å². The lowest BCUT2D eigenvalue weighted by Gasteiger charge is -2.31.